The first-order chi connectivity index (χ1) is 10.9. The predicted octanol–water partition coefficient (Wildman–Crippen LogP) is 4.05. The molecule has 0 radical (unpaired) electrons. The Bertz CT molecular complexity index is 632. The number of hydrogen-bond acceptors (Lipinski definition) is 3. The van der Waals surface area contributed by atoms with Crippen LogP contribution in [0.5, 0.6) is 0 Å². The van der Waals surface area contributed by atoms with Crippen LogP contribution in [-0.4, -0.2) is 16.0 Å². The molecule has 2 aliphatic carbocycles. The highest BCUT2D eigenvalue weighted by Crippen LogP contribution is 2.31. The predicted molar refractivity (Wildman–Crippen MR) is 88.5 cm³/mol. The number of benzene rings is 1. The van der Waals surface area contributed by atoms with Crippen molar-refractivity contribution in [2.75, 3.05) is 0 Å². The van der Waals surface area contributed by atoms with E-state index in [1.807, 2.05) is 18.2 Å². The van der Waals surface area contributed by atoms with Crippen LogP contribution >= 0.6 is 0 Å². The van der Waals surface area contributed by atoms with Crippen molar-refractivity contribution in [1.82, 2.24) is 15.3 Å². The molecule has 2 aromatic rings. The molecule has 1 N–H and O–H groups in total. The van der Waals surface area contributed by atoms with Crippen molar-refractivity contribution < 1.29 is 0 Å². The van der Waals surface area contributed by atoms with Gasteiger partial charge < -0.3 is 5.32 Å². The second-order valence-corrected chi connectivity index (χ2v) is 6.55. The van der Waals surface area contributed by atoms with Gasteiger partial charge in [0.2, 0.25) is 0 Å². The van der Waals surface area contributed by atoms with E-state index in [1.54, 1.807) is 0 Å². The molecule has 4 rings (SSSR count). The van der Waals surface area contributed by atoms with Gasteiger partial charge >= 0.3 is 0 Å². The SMILES string of the molecule is c1ccc(-c2ncc3c(n2)CCC[C@@H]3NC2CCCC2)cc1. The Morgan fingerprint density at radius 1 is 0.955 bits per heavy atom. The Balaban J connectivity index is 1.60. The molecule has 3 heteroatoms. The number of fused-ring (bicyclic) bond motifs is 1. The van der Waals surface area contributed by atoms with Gasteiger partial charge in [0.25, 0.3) is 0 Å². The zero-order valence-corrected chi connectivity index (χ0v) is 13.0. The summed E-state index contributed by atoms with van der Waals surface area (Å²) >= 11 is 0. The molecule has 1 heterocycles. The van der Waals surface area contributed by atoms with E-state index in [1.165, 1.54) is 49.8 Å². The van der Waals surface area contributed by atoms with Gasteiger partial charge in [0.1, 0.15) is 0 Å². The van der Waals surface area contributed by atoms with Gasteiger partial charge in [-0.25, -0.2) is 9.97 Å². The van der Waals surface area contributed by atoms with Crippen LogP contribution < -0.4 is 5.32 Å². The number of aryl methyl sites for hydroxylation is 1. The number of nitrogens with zero attached hydrogens (tertiary/aromatic N) is 2. The first-order valence-corrected chi connectivity index (χ1v) is 8.57. The molecule has 22 heavy (non-hydrogen) atoms. The van der Waals surface area contributed by atoms with E-state index in [9.17, 15) is 0 Å². The van der Waals surface area contributed by atoms with Gasteiger partial charge in [-0.15, -0.1) is 0 Å². The lowest BCUT2D eigenvalue weighted by molar-refractivity contribution is 0.393. The molecule has 0 spiro atoms. The molecule has 114 valence electrons. The maximum absolute atomic E-state index is 4.86. The zero-order chi connectivity index (χ0) is 14.8. The standard InChI is InChI=1S/C19H23N3/c1-2-7-14(8-3-1)19-20-13-16-17(11-6-12-18(16)22-19)21-15-9-4-5-10-15/h1-3,7-8,13,15,17,21H,4-6,9-12H2/t17-/m0/s1. The van der Waals surface area contributed by atoms with Crippen LogP contribution in [0.3, 0.4) is 0 Å². The fourth-order valence-electron chi connectivity index (χ4n) is 3.82. The summed E-state index contributed by atoms with van der Waals surface area (Å²) < 4.78 is 0. The van der Waals surface area contributed by atoms with Crippen LogP contribution in [0.15, 0.2) is 36.5 Å². The van der Waals surface area contributed by atoms with Gasteiger partial charge in [-0.1, -0.05) is 43.2 Å². The Hall–Kier alpha value is -1.74. The van der Waals surface area contributed by atoms with Gasteiger partial charge in [0.05, 0.1) is 0 Å². The highest BCUT2D eigenvalue weighted by atomic mass is 15.0. The third-order valence-electron chi connectivity index (χ3n) is 5.01. The third-order valence-corrected chi connectivity index (χ3v) is 5.01. The minimum atomic E-state index is 0.455. The summed E-state index contributed by atoms with van der Waals surface area (Å²) in [6, 6.07) is 11.4. The van der Waals surface area contributed by atoms with Crippen molar-refractivity contribution in [3.8, 4) is 11.4 Å². The monoisotopic (exact) mass is 293 g/mol. The van der Waals surface area contributed by atoms with Gasteiger partial charge in [-0.2, -0.15) is 0 Å². The van der Waals surface area contributed by atoms with Gasteiger partial charge in [-0.3, -0.25) is 0 Å². The topological polar surface area (TPSA) is 37.8 Å². The second kappa shape index (κ2) is 6.17. The van der Waals surface area contributed by atoms with Crippen molar-refractivity contribution in [2.45, 2.75) is 57.0 Å². The van der Waals surface area contributed by atoms with Crippen LogP contribution in [0, 0.1) is 0 Å². The van der Waals surface area contributed by atoms with Crippen LogP contribution in [0.4, 0.5) is 0 Å². The zero-order valence-electron chi connectivity index (χ0n) is 13.0. The molecule has 2 aliphatic rings. The van der Waals surface area contributed by atoms with Crippen molar-refractivity contribution in [3.63, 3.8) is 0 Å². The van der Waals surface area contributed by atoms with Crippen molar-refractivity contribution in [3.05, 3.63) is 47.8 Å². The molecule has 0 amide bonds. The molecule has 1 atom stereocenters. The molecule has 1 saturated carbocycles. The fourth-order valence-corrected chi connectivity index (χ4v) is 3.82. The quantitative estimate of drug-likeness (QED) is 0.927. The molecule has 3 nitrogen and oxygen atoms in total. The van der Waals surface area contributed by atoms with E-state index in [0.29, 0.717) is 12.1 Å². The average molecular weight is 293 g/mol. The molecule has 1 aromatic carbocycles. The van der Waals surface area contributed by atoms with E-state index in [-0.39, 0.29) is 0 Å². The smallest absolute Gasteiger partial charge is 0.159 e. The number of rotatable bonds is 3. The summed E-state index contributed by atoms with van der Waals surface area (Å²) in [4.78, 5) is 9.49. The summed E-state index contributed by atoms with van der Waals surface area (Å²) in [5.41, 5.74) is 3.68. The Kier molecular flexibility index (Phi) is 3.90. The fraction of sp³-hybridized carbons (Fsp3) is 0.474. The summed E-state index contributed by atoms with van der Waals surface area (Å²) in [5.74, 6) is 0.862. The minimum Gasteiger partial charge on any atom is -0.307 e. The van der Waals surface area contributed by atoms with E-state index < -0.39 is 0 Å². The summed E-state index contributed by atoms with van der Waals surface area (Å²) in [6.07, 6.45) is 11.0. The Morgan fingerprint density at radius 3 is 2.59 bits per heavy atom. The number of nitrogens with one attached hydrogen (secondary N) is 1. The van der Waals surface area contributed by atoms with Crippen molar-refractivity contribution >= 4 is 0 Å². The van der Waals surface area contributed by atoms with E-state index in [4.69, 9.17) is 4.98 Å². The van der Waals surface area contributed by atoms with Gasteiger partial charge in [0, 0.05) is 35.1 Å². The molecular weight excluding hydrogens is 270 g/mol. The number of hydrogen-bond donors (Lipinski definition) is 1. The van der Waals surface area contributed by atoms with Crippen LogP contribution in [0.1, 0.15) is 55.8 Å². The lowest BCUT2D eigenvalue weighted by Gasteiger charge is -2.28. The second-order valence-electron chi connectivity index (χ2n) is 6.55. The normalized spacial score (nSPS) is 21.7. The van der Waals surface area contributed by atoms with E-state index in [2.05, 4.69) is 28.6 Å². The molecule has 0 unspecified atom stereocenters. The van der Waals surface area contributed by atoms with Crippen LogP contribution in [0.25, 0.3) is 11.4 Å². The van der Waals surface area contributed by atoms with Crippen LogP contribution in [0.2, 0.25) is 0 Å². The Morgan fingerprint density at radius 2 is 1.77 bits per heavy atom. The maximum Gasteiger partial charge on any atom is 0.159 e. The highest BCUT2D eigenvalue weighted by molar-refractivity contribution is 5.55. The molecular formula is C19H23N3. The van der Waals surface area contributed by atoms with E-state index >= 15 is 0 Å². The van der Waals surface area contributed by atoms with Crippen molar-refractivity contribution in [1.29, 1.82) is 0 Å². The first kappa shape index (κ1) is 13.9. The van der Waals surface area contributed by atoms with Gasteiger partial charge in [0.15, 0.2) is 5.82 Å². The molecule has 1 aromatic heterocycles. The maximum atomic E-state index is 4.86. The van der Waals surface area contributed by atoms with Crippen LogP contribution in [-0.2, 0) is 6.42 Å². The lowest BCUT2D eigenvalue weighted by Crippen LogP contribution is -2.33. The molecule has 0 bridgehead atoms. The summed E-state index contributed by atoms with van der Waals surface area (Å²) in [7, 11) is 0. The summed E-state index contributed by atoms with van der Waals surface area (Å²) in [5, 5.41) is 3.85. The third kappa shape index (κ3) is 2.78. The molecule has 0 saturated heterocycles. The lowest BCUT2D eigenvalue weighted by atomic mass is 9.91. The highest BCUT2D eigenvalue weighted by Gasteiger charge is 2.25. The summed E-state index contributed by atoms with van der Waals surface area (Å²) in [6.45, 7) is 0. The molecule has 0 aliphatic heterocycles. The van der Waals surface area contributed by atoms with Crippen molar-refractivity contribution in [2.24, 2.45) is 0 Å². The first-order valence-electron chi connectivity index (χ1n) is 8.57. The largest absolute Gasteiger partial charge is 0.307 e. The number of aromatic nitrogens is 2. The minimum absolute atomic E-state index is 0.455. The Labute approximate surface area is 132 Å². The van der Waals surface area contributed by atoms with E-state index in [0.717, 1.165) is 17.8 Å². The average Bonchev–Trinajstić information content (AvgIpc) is 3.08. The molecule has 1 fully saturated rings. The van der Waals surface area contributed by atoms with Gasteiger partial charge in [-0.05, 0) is 32.1 Å².